The first-order chi connectivity index (χ1) is 13.8. The van der Waals surface area contributed by atoms with Crippen LogP contribution >= 0.6 is 11.6 Å². The van der Waals surface area contributed by atoms with Gasteiger partial charge in [-0.2, -0.15) is 0 Å². The van der Waals surface area contributed by atoms with E-state index in [2.05, 4.69) is 6.92 Å². The van der Waals surface area contributed by atoms with E-state index in [1.54, 1.807) is 30.9 Å². The predicted molar refractivity (Wildman–Crippen MR) is 117 cm³/mol. The number of hydrogen-bond acceptors (Lipinski definition) is 4. The first-order valence-corrected chi connectivity index (χ1v) is 11.1. The topological polar surface area (TPSA) is 55.8 Å². The first-order valence-electron chi connectivity index (χ1n) is 10.7. The number of carbonyl (C=O) groups is 2. The van der Waals surface area contributed by atoms with Crippen molar-refractivity contribution in [3.63, 3.8) is 0 Å². The Kier molecular flexibility index (Phi) is 11.1. The Hall–Kier alpha value is -1.75. The first kappa shape index (κ1) is 25.3. The summed E-state index contributed by atoms with van der Waals surface area (Å²) >= 11 is 6.03. The number of ether oxygens (including phenoxy) is 2. The van der Waals surface area contributed by atoms with Crippen LogP contribution in [0.5, 0.6) is 0 Å². The molecule has 1 aromatic carbocycles. The highest BCUT2D eigenvalue weighted by atomic mass is 35.5. The van der Waals surface area contributed by atoms with Crippen molar-refractivity contribution >= 4 is 23.7 Å². The van der Waals surface area contributed by atoms with Crippen molar-refractivity contribution in [2.24, 2.45) is 5.92 Å². The zero-order valence-electron chi connectivity index (χ0n) is 18.5. The van der Waals surface area contributed by atoms with Crippen molar-refractivity contribution in [3.8, 4) is 0 Å². The third-order valence-corrected chi connectivity index (χ3v) is 5.43. The van der Waals surface area contributed by atoms with Crippen LogP contribution in [-0.2, 0) is 20.7 Å². The van der Waals surface area contributed by atoms with Gasteiger partial charge in [0.05, 0.1) is 13.2 Å². The second-order valence-corrected chi connectivity index (χ2v) is 7.95. The van der Waals surface area contributed by atoms with Crippen molar-refractivity contribution in [2.45, 2.75) is 72.3 Å². The van der Waals surface area contributed by atoms with Crippen molar-refractivity contribution in [3.05, 3.63) is 34.9 Å². The zero-order chi connectivity index (χ0) is 21.9. The van der Waals surface area contributed by atoms with Gasteiger partial charge in [0, 0.05) is 18.0 Å². The van der Waals surface area contributed by atoms with Crippen molar-refractivity contribution in [1.29, 1.82) is 0 Å². The van der Waals surface area contributed by atoms with E-state index in [1.807, 2.05) is 26.0 Å². The summed E-state index contributed by atoms with van der Waals surface area (Å²) in [5.74, 6) is -0.568. The molecule has 0 aliphatic carbocycles. The van der Waals surface area contributed by atoms with Gasteiger partial charge in [0.1, 0.15) is 5.54 Å². The van der Waals surface area contributed by atoms with E-state index in [1.165, 1.54) is 0 Å². The Morgan fingerprint density at radius 3 is 2.14 bits per heavy atom. The molecule has 1 rings (SSSR count). The van der Waals surface area contributed by atoms with Crippen molar-refractivity contribution in [1.82, 2.24) is 4.90 Å². The molecular weight excluding hydrogens is 390 g/mol. The fraction of sp³-hybridized carbons (Fsp3) is 0.652. The van der Waals surface area contributed by atoms with Gasteiger partial charge in [-0.3, -0.25) is 4.90 Å². The average molecular weight is 426 g/mol. The van der Waals surface area contributed by atoms with Gasteiger partial charge in [-0.25, -0.2) is 9.59 Å². The van der Waals surface area contributed by atoms with E-state index in [-0.39, 0.29) is 19.1 Å². The number of amides is 1. The van der Waals surface area contributed by atoms with Crippen LogP contribution in [0.15, 0.2) is 24.3 Å². The Labute approximate surface area is 180 Å². The van der Waals surface area contributed by atoms with Gasteiger partial charge in [-0.15, -0.1) is 0 Å². The molecule has 1 atom stereocenters. The Balaban J connectivity index is 3.40. The molecule has 0 aliphatic rings. The lowest BCUT2D eigenvalue weighted by atomic mass is 9.79. The molecule has 1 amide bonds. The number of unbranched alkanes of at least 4 members (excludes halogenated alkanes) is 3. The molecule has 1 unspecified atom stereocenters. The lowest BCUT2D eigenvalue weighted by Gasteiger charge is -2.44. The Morgan fingerprint density at radius 1 is 1.00 bits per heavy atom. The second-order valence-electron chi connectivity index (χ2n) is 7.51. The van der Waals surface area contributed by atoms with Crippen LogP contribution in [0.1, 0.15) is 65.9 Å². The molecule has 6 heteroatoms. The minimum Gasteiger partial charge on any atom is -0.464 e. The van der Waals surface area contributed by atoms with E-state index in [0.29, 0.717) is 18.0 Å². The van der Waals surface area contributed by atoms with Crippen LogP contribution in [0, 0.1) is 5.92 Å². The van der Waals surface area contributed by atoms with Crippen LogP contribution in [0.25, 0.3) is 0 Å². The molecule has 0 heterocycles. The van der Waals surface area contributed by atoms with Crippen molar-refractivity contribution < 1.29 is 19.1 Å². The fourth-order valence-electron chi connectivity index (χ4n) is 3.55. The number of hydrogen-bond donors (Lipinski definition) is 0. The van der Waals surface area contributed by atoms with E-state index in [9.17, 15) is 9.59 Å². The number of rotatable bonds is 12. The predicted octanol–water partition coefficient (Wildman–Crippen LogP) is 5.88. The molecule has 164 valence electrons. The number of carbonyl (C=O) groups excluding carboxylic acids is 2. The zero-order valence-corrected chi connectivity index (χ0v) is 19.3. The van der Waals surface area contributed by atoms with Gasteiger partial charge in [0.15, 0.2) is 0 Å². The average Bonchev–Trinajstić information content (AvgIpc) is 2.68. The molecule has 0 fully saturated rings. The van der Waals surface area contributed by atoms with Crippen LogP contribution in [0.3, 0.4) is 0 Å². The highest BCUT2D eigenvalue weighted by Gasteiger charge is 2.50. The summed E-state index contributed by atoms with van der Waals surface area (Å²) in [6.07, 6.45) is 3.85. The van der Waals surface area contributed by atoms with Crippen molar-refractivity contribution in [2.75, 3.05) is 19.8 Å². The van der Waals surface area contributed by atoms with Crippen LogP contribution in [-0.4, -0.2) is 42.3 Å². The van der Waals surface area contributed by atoms with Gasteiger partial charge in [0.2, 0.25) is 0 Å². The minimum absolute atomic E-state index is 0.173. The quantitative estimate of drug-likeness (QED) is 0.310. The fourth-order valence-corrected chi connectivity index (χ4v) is 3.68. The summed E-state index contributed by atoms with van der Waals surface area (Å²) in [5.41, 5.74) is -0.235. The maximum absolute atomic E-state index is 13.3. The number of nitrogens with zero attached hydrogens (tertiary/aromatic N) is 1. The standard InChI is InChI=1S/C23H36ClNO4/c1-6-9-10-11-16-25(22(27)29-8-3)23(18(4)5,21(26)28-7-2)17-19-12-14-20(24)15-13-19/h12-15,18H,6-11,16-17H2,1-5H3. The summed E-state index contributed by atoms with van der Waals surface area (Å²) < 4.78 is 10.8. The number of esters is 1. The summed E-state index contributed by atoms with van der Waals surface area (Å²) in [6.45, 7) is 10.5. The Bertz CT molecular complexity index is 632. The summed E-state index contributed by atoms with van der Waals surface area (Å²) in [6, 6.07) is 7.37. The van der Waals surface area contributed by atoms with Gasteiger partial charge in [-0.05, 0) is 43.9 Å². The van der Waals surface area contributed by atoms with E-state index in [4.69, 9.17) is 21.1 Å². The molecule has 29 heavy (non-hydrogen) atoms. The highest BCUT2D eigenvalue weighted by molar-refractivity contribution is 6.30. The second kappa shape index (κ2) is 12.7. The lowest BCUT2D eigenvalue weighted by Crippen LogP contribution is -2.62. The van der Waals surface area contributed by atoms with E-state index in [0.717, 1.165) is 31.2 Å². The van der Waals surface area contributed by atoms with Gasteiger partial charge in [-0.1, -0.05) is 63.8 Å². The monoisotopic (exact) mass is 425 g/mol. The molecule has 0 N–H and O–H groups in total. The molecule has 5 nitrogen and oxygen atoms in total. The summed E-state index contributed by atoms with van der Waals surface area (Å²) in [7, 11) is 0. The van der Waals surface area contributed by atoms with Gasteiger partial charge < -0.3 is 9.47 Å². The summed E-state index contributed by atoms with van der Waals surface area (Å²) in [5, 5.41) is 0.627. The smallest absolute Gasteiger partial charge is 0.410 e. The molecule has 0 aliphatic heterocycles. The molecule has 0 saturated heterocycles. The molecule has 0 aromatic heterocycles. The van der Waals surface area contributed by atoms with Crippen LogP contribution in [0.2, 0.25) is 5.02 Å². The summed E-state index contributed by atoms with van der Waals surface area (Å²) in [4.78, 5) is 27.9. The molecule has 1 aromatic rings. The van der Waals surface area contributed by atoms with Crippen LogP contribution < -0.4 is 0 Å². The number of halogens is 1. The third kappa shape index (κ3) is 6.91. The number of benzene rings is 1. The molecule has 0 spiro atoms. The normalized spacial score (nSPS) is 13.1. The van der Waals surface area contributed by atoms with E-state index >= 15 is 0 Å². The van der Waals surface area contributed by atoms with Crippen LogP contribution in [0.4, 0.5) is 4.79 Å². The molecule has 0 radical (unpaired) electrons. The minimum atomic E-state index is -1.15. The molecule has 0 saturated carbocycles. The maximum atomic E-state index is 13.3. The SMILES string of the molecule is CCCCCCN(C(=O)OCC)C(Cc1ccc(Cl)cc1)(C(=O)OCC)C(C)C. The largest absolute Gasteiger partial charge is 0.464 e. The molecular formula is C23H36ClNO4. The maximum Gasteiger partial charge on any atom is 0.410 e. The third-order valence-electron chi connectivity index (χ3n) is 5.18. The lowest BCUT2D eigenvalue weighted by molar-refractivity contribution is -0.160. The van der Waals surface area contributed by atoms with E-state index < -0.39 is 17.6 Å². The van der Waals surface area contributed by atoms with Gasteiger partial charge >= 0.3 is 12.1 Å². The van der Waals surface area contributed by atoms with Gasteiger partial charge in [0.25, 0.3) is 0 Å². The molecule has 0 bridgehead atoms. The highest BCUT2D eigenvalue weighted by Crippen LogP contribution is 2.33. The Morgan fingerprint density at radius 2 is 1.62 bits per heavy atom.